The second-order valence-corrected chi connectivity index (χ2v) is 5.21. The molecule has 18 heavy (non-hydrogen) atoms. The first-order chi connectivity index (χ1) is 8.66. The zero-order chi connectivity index (χ0) is 13.0. The summed E-state index contributed by atoms with van der Waals surface area (Å²) in [5, 5.41) is 0. The molecule has 1 heterocycles. The summed E-state index contributed by atoms with van der Waals surface area (Å²) in [4.78, 5) is 14.0. The van der Waals surface area contributed by atoms with E-state index in [2.05, 4.69) is 26.0 Å². The minimum absolute atomic E-state index is 0.0241. The van der Waals surface area contributed by atoms with Gasteiger partial charge in [0.05, 0.1) is 13.2 Å². The quantitative estimate of drug-likeness (QED) is 0.821. The SMILES string of the molecule is CC(C)CC(=O)N1CCO[C@H](c2ccccc2)C1. The van der Waals surface area contributed by atoms with Crippen LogP contribution in [0.15, 0.2) is 30.3 Å². The summed E-state index contributed by atoms with van der Waals surface area (Å²) in [6, 6.07) is 10.1. The number of ether oxygens (including phenoxy) is 1. The number of hydrogen-bond acceptors (Lipinski definition) is 2. The highest BCUT2D eigenvalue weighted by Gasteiger charge is 2.25. The van der Waals surface area contributed by atoms with Crippen LogP contribution in [0.4, 0.5) is 0 Å². The fraction of sp³-hybridized carbons (Fsp3) is 0.533. The molecule has 0 bridgehead atoms. The number of carbonyl (C=O) groups excluding carboxylic acids is 1. The topological polar surface area (TPSA) is 29.5 Å². The highest BCUT2D eigenvalue weighted by atomic mass is 16.5. The molecule has 0 saturated carbocycles. The third kappa shape index (κ3) is 3.33. The molecule has 0 radical (unpaired) electrons. The average Bonchev–Trinajstić information content (AvgIpc) is 2.39. The molecule has 2 rings (SSSR count). The van der Waals surface area contributed by atoms with Crippen LogP contribution in [0.25, 0.3) is 0 Å². The fourth-order valence-corrected chi connectivity index (χ4v) is 2.22. The van der Waals surface area contributed by atoms with E-state index in [0.29, 0.717) is 25.5 Å². The van der Waals surface area contributed by atoms with E-state index >= 15 is 0 Å². The van der Waals surface area contributed by atoms with Crippen LogP contribution in [0.2, 0.25) is 0 Å². The molecule has 1 aliphatic heterocycles. The summed E-state index contributed by atoms with van der Waals surface area (Å²) in [5.41, 5.74) is 1.15. The predicted molar refractivity (Wildman–Crippen MR) is 71.2 cm³/mol. The largest absolute Gasteiger partial charge is 0.370 e. The van der Waals surface area contributed by atoms with Gasteiger partial charge < -0.3 is 9.64 Å². The van der Waals surface area contributed by atoms with Crippen LogP contribution >= 0.6 is 0 Å². The van der Waals surface area contributed by atoms with E-state index in [1.165, 1.54) is 0 Å². The highest BCUT2D eigenvalue weighted by Crippen LogP contribution is 2.22. The van der Waals surface area contributed by atoms with Gasteiger partial charge in [-0.15, -0.1) is 0 Å². The van der Waals surface area contributed by atoms with Crippen molar-refractivity contribution in [1.82, 2.24) is 4.90 Å². The molecule has 1 aromatic carbocycles. The van der Waals surface area contributed by atoms with Gasteiger partial charge in [-0.25, -0.2) is 0 Å². The number of rotatable bonds is 3. The van der Waals surface area contributed by atoms with Crippen LogP contribution < -0.4 is 0 Å². The number of carbonyl (C=O) groups is 1. The molecule has 0 aromatic heterocycles. The average molecular weight is 247 g/mol. The molecular formula is C15H21NO2. The maximum absolute atomic E-state index is 12.1. The maximum Gasteiger partial charge on any atom is 0.223 e. The molecule has 1 saturated heterocycles. The molecule has 1 atom stereocenters. The van der Waals surface area contributed by atoms with Gasteiger partial charge in [-0.05, 0) is 11.5 Å². The minimum atomic E-state index is 0.0241. The van der Waals surface area contributed by atoms with E-state index in [4.69, 9.17) is 4.74 Å². The first-order valence-corrected chi connectivity index (χ1v) is 6.61. The van der Waals surface area contributed by atoms with Gasteiger partial charge in [0.25, 0.3) is 0 Å². The Bertz CT molecular complexity index is 389. The molecule has 1 amide bonds. The van der Waals surface area contributed by atoms with E-state index in [1.54, 1.807) is 0 Å². The summed E-state index contributed by atoms with van der Waals surface area (Å²) in [6.45, 7) is 6.17. The Morgan fingerprint density at radius 1 is 1.39 bits per heavy atom. The molecule has 1 aromatic rings. The standard InChI is InChI=1S/C15H21NO2/c1-12(2)10-15(17)16-8-9-18-14(11-16)13-6-4-3-5-7-13/h3-7,12,14H,8-11H2,1-2H3/t14-/m0/s1. The second-order valence-electron chi connectivity index (χ2n) is 5.21. The minimum Gasteiger partial charge on any atom is -0.370 e. The van der Waals surface area contributed by atoms with E-state index < -0.39 is 0 Å². The summed E-state index contributed by atoms with van der Waals surface area (Å²) < 4.78 is 5.76. The zero-order valence-electron chi connectivity index (χ0n) is 11.1. The number of morpholine rings is 1. The van der Waals surface area contributed by atoms with Crippen molar-refractivity contribution in [2.45, 2.75) is 26.4 Å². The molecule has 0 N–H and O–H groups in total. The molecule has 1 fully saturated rings. The molecule has 0 aliphatic carbocycles. The molecule has 3 nitrogen and oxygen atoms in total. The van der Waals surface area contributed by atoms with Crippen molar-refractivity contribution in [3.8, 4) is 0 Å². The molecule has 0 spiro atoms. The summed E-state index contributed by atoms with van der Waals surface area (Å²) >= 11 is 0. The Kier molecular flexibility index (Phi) is 4.37. The van der Waals surface area contributed by atoms with Crippen molar-refractivity contribution in [1.29, 1.82) is 0 Å². The van der Waals surface area contributed by atoms with Gasteiger partial charge in [-0.2, -0.15) is 0 Å². The maximum atomic E-state index is 12.1. The summed E-state index contributed by atoms with van der Waals surface area (Å²) in [5.74, 6) is 0.657. The second kappa shape index (κ2) is 6.01. The fourth-order valence-electron chi connectivity index (χ4n) is 2.22. The van der Waals surface area contributed by atoms with Crippen molar-refractivity contribution in [3.63, 3.8) is 0 Å². The van der Waals surface area contributed by atoms with Gasteiger partial charge in [0.15, 0.2) is 0 Å². The van der Waals surface area contributed by atoms with Crippen LogP contribution in [0.5, 0.6) is 0 Å². The lowest BCUT2D eigenvalue weighted by Gasteiger charge is -2.33. The summed E-state index contributed by atoms with van der Waals surface area (Å²) in [7, 11) is 0. The van der Waals surface area contributed by atoms with Crippen LogP contribution in [-0.4, -0.2) is 30.5 Å². The Labute approximate surface area is 109 Å². The van der Waals surface area contributed by atoms with E-state index in [1.807, 2.05) is 23.1 Å². The first kappa shape index (κ1) is 13.1. The van der Waals surface area contributed by atoms with Gasteiger partial charge in [0, 0.05) is 13.0 Å². The Balaban J connectivity index is 1.98. The van der Waals surface area contributed by atoms with Crippen molar-refractivity contribution in [2.75, 3.05) is 19.7 Å². The number of amides is 1. The molecule has 3 heteroatoms. The lowest BCUT2D eigenvalue weighted by atomic mass is 10.1. The van der Waals surface area contributed by atoms with Crippen molar-refractivity contribution >= 4 is 5.91 Å². The van der Waals surface area contributed by atoms with E-state index in [-0.39, 0.29) is 12.0 Å². The third-order valence-electron chi connectivity index (χ3n) is 3.17. The highest BCUT2D eigenvalue weighted by molar-refractivity contribution is 5.76. The Morgan fingerprint density at radius 3 is 2.78 bits per heavy atom. The van der Waals surface area contributed by atoms with Crippen molar-refractivity contribution < 1.29 is 9.53 Å². The predicted octanol–water partition coefficient (Wildman–Crippen LogP) is 2.63. The normalized spacial score (nSPS) is 20.2. The number of hydrogen-bond donors (Lipinski definition) is 0. The molecule has 98 valence electrons. The van der Waals surface area contributed by atoms with Crippen LogP contribution in [0.1, 0.15) is 31.9 Å². The lowest BCUT2D eigenvalue weighted by molar-refractivity contribution is -0.139. The Morgan fingerprint density at radius 2 is 2.11 bits per heavy atom. The van der Waals surface area contributed by atoms with Gasteiger partial charge in [0.1, 0.15) is 6.10 Å². The third-order valence-corrected chi connectivity index (χ3v) is 3.17. The van der Waals surface area contributed by atoms with Gasteiger partial charge in [-0.1, -0.05) is 44.2 Å². The molecular weight excluding hydrogens is 226 g/mol. The lowest BCUT2D eigenvalue weighted by Crippen LogP contribution is -2.42. The van der Waals surface area contributed by atoms with Gasteiger partial charge in [-0.3, -0.25) is 4.79 Å². The number of benzene rings is 1. The van der Waals surface area contributed by atoms with Crippen LogP contribution in [-0.2, 0) is 9.53 Å². The zero-order valence-corrected chi connectivity index (χ0v) is 11.1. The van der Waals surface area contributed by atoms with E-state index in [0.717, 1.165) is 12.1 Å². The monoisotopic (exact) mass is 247 g/mol. The van der Waals surface area contributed by atoms with Gasteiger partial charge in [0.2, 0.25) is 5.91 Å². The van der Waals surface area contributed by atoms with Crippen molar-refractivity contribution in [3.05, 3.63) is 35.9 Å². The van der Waals surface area contributed by atoms with Crippen LogP contribution in [0.3, 0.4) is 0 Å². The smallest absolute Gasteiger partial charge is 0.223 e. The summed E-state index contributed by atoms with van der Waals surface area (Å²) in [6.07, 6.45) is 0.651. The van der Waals surface area contributed by atoms with Gasteiger partial charge >= 0.3 is 0 Å². The molecule has 1 aliphatic rings. The Hall–Kier alpha value is -1.35. The van der Waals surface area contributed by atoms with E-state index in [9.17, 15) is 4.79 Å². The van der Waals surface area contributed by atoms with Crippen LogP contribution in [0, 0.1) is 5.92 Å². The number of nitrogens with zero attached hydrogens (tertiary/aromatic N) is 1. The molecule has 0 unspecified atom stereocenters. The van der Waals surface area contributed by atoms with Crippen molar-refractivity contribution in [2.24, 2.45) is 5.92 Å². The first-order valence-electron chi connectivity index (χ1n) is 6.61.